The quantitative estimate of drug-likeness (QED) is 0.198. The van der Waals surface area contributed by atoms with Crippen molar-refractivity contribution in [1.82, 2.24) is 29.6 Å². The molecular formula is C34H34FN7O3S. The maximum atomic E-state index is 14.0. The van der Waals surface area contributed by atoms with Crippen molar-refractivity contribution >= 4 is 26.7 Å². The number of sulfonamides is 1. The van der Waals surface area contributed by atoms with E-state index in [1.165, 1.54) is 19.1 Å². The molecule has 0 radical (unpaired) electrons. The molecule has 0 amide bonds. The number of nitrogens with one attached hydrogen (secondary N) is 2. The summed E-state index contributed by atoms with van der Waals surface area (Å²) in [6.45, 7) is 6.60. The number of nitrogens with zero attached hydrogens (tertiary/aromatic N) is 5. The molecule has 46 heavy (non-hydrogen) atoms. The number of benzene rings is 3. The van der Waals surface area contributed by atoms with Crippen molar-refractivity contribution in [2.45, 2.75) is 38.1 Å². The van der Waals surface area contributed by atoms with Crippen molar-refractivity contribution in [3.8, 4) is 28.5 Å². The van der Waals surface area contributed by atoms with Crippen LogP contribution in [0, 0.1) is 30.0 Å². The molecule has 1 aliphatic heterocycles. The molecule has 2 aromatic heterocycles. The number of halogens is 1. The summed E-state index contributed by atoms with van der Waals surface area (Å²) in [5.41, 5.74) is 5.23. The number of rotatable bonds is 10. The summed E-state index contributed by atoms with van der Waals surface area (Å²) in [6, 6.07) is 18.7. The van der Waals surface area contributed by atoms with Crippen LogP contribution in [0.5, 0.6) is 0 Å². The second kappa shape index (κ2) is 13.0. The molecule has 2 N–H and O–H groups in total. The zero-order chi connectivity index (χ0) is 32.4. The molecule has 6 rings (SSSR count). The van der Waals surface area contributed by atoms with Crippen molar-refractivity contribution in [2.24, 2.45) is 5.92 Å². The Morgan fingerprint density at radius 2 is 1.87 bits per heavy atom. The van der Waals surface area contributed by atoms with E-state index in [0.717, 1.165) is 42.6 Å². The molecule has 10 nitrogen and oxygen atoms in total. The number of aryl methyl sites for hydroxylation is 1. The number of piperidine rings is 1. The molecule has 236 valence electrons. The molecule has 1 saturated heterocycles. The Morgan fingerprint density at radius 1 is 1.11 bits per heavy atom. The first-order valence-electron chi connectivity index (χ1n) is 15.2. The Kier molecular flexibility index (Phi) is 8.82. The van der Waals surface area contributed by atoms with E-state index in [2.05, 4.69) is 31.0 Å². The Morgan fingerprint density at radius 3 is 2.59 bits per heavy atom. The predicted molar refractivity (Wildman–Crippen MR) is 173 cm³/mol. The summed E-state index contributed by atoms with van der Waals surface area (Å²) in [4.78, 5) is 17.8. The number of fused-ring (bicyclic) bond motifs is 1. The van der Waals surface area contributed by atoms with Crippen LogP contribution >= 0.6 is 0 Å². The fraction of sp³-hybridized carbons (Fsp3) is 0.294. The average molecular weight is 640 g/mol. The number of Topliss-reactive ketones (excluding diaryl/α,β-unsaturated/α-hetero) is 1. The normalized spacial score (nSPS) is 14.5. The van der Waals surface area contributed by atoms with Gasteiger partial charge in [0.25, 0.3) is 0 Å². The number of aromatic amines is 1. The van der Waals surface area contributed by atoms with E-state index in [9.17, 15) is 22.9 Å². The number of H-pyrrole nitrogens is 1. The summed E-state index contributed by atoms with van der Waals surface area (Å²) in [5.74, 6) is -0.191. The van der Waals surface area contributed by atoms with Crippen LogP contribution < -0.4 is 4.72 Å². The van der Waals surface area contributed by atoms with Crippen LogP contribution in [0.15, 0.2) is 71.8 Å². The Balaban J connectivity index is 1.01. The minimum atomic E-state index is -3.68. The number of nitriles is 1. The van der Waals surface area contributed by atoms with E-state index < -0.39 is 15.8 Å². The fourth-order valence-corrected chi connectivity index (χ4v) is 7.24. The van der Waals surface area contributed by atoms with E-state index in [-0.39, 0.29) is 10.7 Å². The summed E-state index contributed by atoms with van der Waals surface area (Å²) < 4.78 is 44.4. The second-order valence-electron chi connectivity index (χ2n) is 11.8. The summed E-state index contributed by atoms with van der Waals surface area (Å²) in [6.07, 6.45) is 3.64. The van der Waals surface area contributed by atoms with Crippen molar-refractivity contribution in [1.29, 1.82) is 5.26 Å². The number of carbonyl (C=O) groups excluding carboxylic acids is 1. The molecule has 5 aromatic rings. The summed E-state index contributed by atoms with van der Waals surface area (Å²) in [5, 5.41) is 18.7. The summed E-state index contributed by atoms with van der Waals surface area (Å²) >= 11 is 0. The number of hydrogen-bond donors (Lipinski definition) is 2. The highest BCUT2D eigenvalue weighted by atomic mass is 32.2. The molecule has 12 heteroatoms. The molecule has 0 unspecified atom stereocenters. The third-order valence-electron chi connectivity index (χ3n) is 8.63. The van der Waals surface area contributed by atoms with E-state index in [1.54, 1.807) is 47.3 Å². The zero-order valence-electron chi connectivity index (χ0n) is 25.6. The maximum absolute atomic E-state index is 14.0. The van der Waals surface area contributed by atoms with Gasteiger partial charge in [0.2, 0.25) is 10.0 Å². The monoisotopic (exact) mass is 639 g/mol. The lowest BCUT2D eigenvalue weighted by molar-refractivity contribution is 0.101. The Labute approximate surface area is 266 Å². The van der Waals surface area contributed by atoms with E-state index in [0.29, 0.717) is 59.0 Å². The third kappa shape index (κ3) is 6.48. The highest BCUT2D eigenvalue weighted by Gasteiger charge is 2.23. The molecule has 1 fully saturated rings. The fourth-order valence-electron chi connectivity index (χ4n) is 6.22. The Hall–Kier alpha value is -4.70. The number of hydrogen-bond acceptors (Lipinski definition) is 7. The minimum absolute atomic E-state index is 0.165. The first-order valence-corrected chi connectivity index (χ1v) is 16.7. The van der Waals surface area contributed by atoms with E-state index in [1.807, 2.05) is 19.1 Å². The van der Waals surface area contributed by atoms with Gasteiger partial charge in [-0.3, -0.25) is 9.48 Å². The summed E-state index contributed by atoms with van der Waals surface area (Å²) in [7, 11) is -3.68. The minimum Gasteiger partial charge on any atom is -0.352 e. The van der Waals surface area contributed by atoms with Gasteiger partial charge in [0.1, 0.15) is 11.5 Å². The lowest BCUT2D eigenvalue weighted by Gasteiger charge is -2.31. The van der Waals surface area contributed by atoms with Gasteiger partial charge in [-0.15, -0.1) is 5.10 Å². The number of ketones is 1. The highest BCUT2D eigenvalue weighted by Crippen LogP contribution is 2.32. The molecule has 0 atom stereocenters. The van der Waals surface area contributed by atoms with Gasteiger partial charge in [-0.05, 0) is 86.3 Å². The van der Waals surface area contributed by atoms with Gasteiger partial charge in [0, 0.05) is 48.6 Å². The average Bonchev–Trinajstić information content (AvgIpc) is 3.66. The van der Waals surface area contributed by atoms with Crippen LogP contribution in [0.25, 0.3) is 33.3 Å². The number of likely N-dealkylation sites (tertiary alicyclic amines) is 1. The molecule has 0 aliphatic carbocycles. The van der Waals surface area contributed by atoms with Crippen LogP contribution in [0.4, 0.5) is 4.39 Å². The van der Waals surface area contributed by atoms with Crippen LogP contribution in [0.3, 0.4) is 0 Å². The largest absolute Gasteiger partial charge is 0.352 e. The second-order valence-corrected chi connectivity index (χ2v) is 13.5. The van der Waals surface area contributed by atoms with Gasteiger partial charge in [0.15, 0.2) is 5.78 Å². The van der Waals surface area contributed by atoms with Gasteiger partial charge < -0.3 is 9.88 Å². The molecule has 0 bridgehead atoms. The molecular weight excluding hydrogens is 605 g/mol. The van der Waals surface area contributed by atoms with Gasteiger partial charge >= 0.3 is 0 Å². The van der Waals surface area contributed by atoms with Gasteiger partial charge in [-0.25, -0.2) is 17.5 Å². The van der Waals surface area contributed by atoms with Crippen LogP contribution in [-0.4, -0.2) is 65.3 Å². The first kappa shape index (κ1) is 31.3. The van der Waals surface area contributed by atoms with Crippen LogP contribution in [0.1, 0.15) is 41.4 Å². The SMILES string of the molecule is CC(=O)c1[nH]c2ccc(F)cc2c1-c1cn(CC2CCN(CCNS(=O)(=O)c3ccc(-c4c(C)cccc4C#N)cc3)CC2)nn1. The zero-order valence-corrected chi connectivity index (χ0v) is 26.4. The molecule has 3 heterocycles. The van der Waals surface area contributed by atoms with Crippen LogP contribution in [-0.2, 0) is 16.6 Å². The molecule has 0 saturated carbocycles. The lowest BCUT2D eigenvalue weighted by atomic mass is 9.96. The predicted octanol–water partition coefficient (Wildman–Crippen LogP) is 5.31. The first-order chi connectivity index (χ1) is 22.1. The molecule has 1 aliphatic rings. The highest BCUT2D eigenvalue weighted by molar-refractivity contribution is 7.89. The topological polar surface area (TPSA) is 137 Å². The smallest absolute Gasteiger partial charge is 0.240 e. The molecule has 3 aromatic carbocycles. The standard InChI is InChI=1S/C34H34FN7O3S/c1-22-4-3-5-26(19-36)32(22)25-6-9-28(10-7-25)46(44,45)37-14-17-41-15-12-24(13-16-41)20-42-21-31(39-40-42)33-29-18-27(35)8-11-30(29)38-34(33)23(2)43/h3-11,18,21,24,37-38H,12-17,20H2,1-2H3. The van der Waals surface area contributed by atoms with E-state index in [4.69, 9.17) is 0 Å². The Bertz CT molecular complexity index is 2050. The van der Waals surface area contributed by atoms with Crippen molar-refractivity contribution in [3.63, 3.8) is 0 Å². The van der Waals surface area contributed by atoms with Crippen LogP contribution in [0.2, 0.25) is 0 Å². The van der Waals surface area contributed by atoms with Crippen molar-refractivity contribution in [2.75, 3.05) is 26.2 Å². The number of carbonyl (C=O) groups is 1. The van der Waals surface area contributed by atoms with E-state index >= 15 is 0 Å². The van der Waals surface area contributed by atoms with Crippen molar-refractivity contribution in [3.05, 3.63) is 89.5 Å². The van der Waals surface area contributed by atoms with Gasteiger partial charge in [-0.1, -0.05) is 29.5 Å². The third-order valence-corrected chi connectivity index (χ3v) is 10.1. The van der Waals surface area contributed by atoms with Crippen molar-refractivity contribution < 1.29 is 17.6 Å². The number of aromatic nitrogens is 4. The van der Waals surface area contributed by atoms with Gasteiger partial charge in [-0.2, -0.15) is 5.26 Å². The maximum Gasteiger partial charge on any atom is 0.240 e. The molecule has 0 spiro atoms. The lowest BCUT2D eigenvalue weighted by Crippen LogP contribution is -2.40. The van der Waals surface area contributed by atoms with Gasteiger partial charge in [0.05, 0.1) is 28.4 Å².